The number of hydrogen-bond donors (Lipinski definition) is 0. The molecule has 0 amide bonds. The molecule has 0 aromatic heterocycles. The van der Waals surface area contributed by atoms with E-state index in [0.717, 1.165) is 0 Å². The van der Waals surface area contributed by atoms with Crippen LogP contribution in [-0.4, -0.2) is 26.8 Å². The summed E-state index contributed by atoms with van der Waals surface area (Å²) in [5.74, 6) is 0. The summed E-state index contributed by atoms with van der Waals surface area (Å²) in [6.07, 6.45) is 0. The Morgan fingerprint density at radius 3 is 1.13 bits per heavy atom. The first-order valence-corrected chi connectivity index (χ1v) is 12.7. The molecule has 0 fully saturated rings. The minimum absolute atomic E-state index is 0.00878. The smallest absolute Gasteiger partial charge is 0.267 e. The van der Waals surface area contributed by atoms with Gasteiger partial charge in [-0.3, -0.25) is 9.59 Å². The molecule has 4 rings (SSSR count). The van der Waals surface area contributed by atoms with Gasteiger partial charge < -0.3 is 0 Å². The van der Waals surface area contributed by atoms with E-state index in [2.05, 4.69) is 9.97 Å². The first-order valence-electron chi connectivity index (χ1n) is 8.08. The highest BCUT2D eigenvalue weighted by Crippen LogP contribution is 2.26. The lowest BCUT2D eigenvalue weighted by Crippen LogP contribution is -2.04. The summed E-state index contributed by atoms with van der Waals surface area (Å²) in [4.78, 5) is 32.6. The monoisotopic (exact) mass is 482 g/mol. The number of hydrogen-bond acceptors (Lipinski definition) is 8. The molecule has 152 valence electrons. The molecule has 30 heavy (non-hydrogen) atoms. The summed E-state index contributed by atoms with van der Waals surface area (Å²) in [5, 5.41) is -0.0176. The normalized spacial score (nSPS) is 12.5. The van der Waals surface area contributed by atoms with Gasteiger partial charge in [-0.2, -0.15) is 0 Å². The van der Waals surface area contributed by atoms with Crippen molar-refractivity contribution in [3.8, 4) is 22.5 Å². The summed E-state index contributed by atoms with van der Waals surface area (Å²) in [6.45, 7) is 0. The molecule has 0 saturated carbocycles. The molecule has 12 heteroatoms. The minimum atomic E-state index is -3.93. The van der Waals surface area contributed by atoms with E-state index < -0.39 is 29.2 Å². The molecule has 2 aliphatic rings. The van der Waals surface area contributed by atoms with Crippen molar-refractivity contribution in [2.45, 2.75) is 9.79 Å². The molecule has 8 nitrogen and oxygen atoms in total. The summed E-state index contributed by atoms with van der Waals surface area (Å²) < 4.78 is 45.6. The first kappa shape index (κ1) is 20.6. The predicted molar refractivity (Wildman–Crippen MR) is 109 cm³/mol. The Hall–Kier alpha value is -2.66. The average Bonchev–Trinajstić information content (AvgIpc) is 3.19. The molecule has 0 spiro atoms. The molecule has 0 N–H and O–H groups in total. The highest BCUT2D eigenvalue weighted by molar-refractivity contribution is 8.14. The highest BCUT2D eigenvalue weighted by Gasteiger charge is 2.20. The molecule has 2 heterocycles. The van der Waals surface area contributed by atoms with Crippen molar-refractivity contribution in [2.75, 3.05) is 0 Å². The van der Waals surface area contributed by atoms with E-state index in [4.69, 9.17) is 21.4 Å². The van der Waals surface area contributed by atoms with Crippen LogP contribution in [0.4, 0.5) is 0 Å². The van der Waals surface area contributed by atoms with Gasteiger partial charge in [0.15, 0.2) is 0 Å². The van der Waals surface area contributed by atoms with Crippen molar-refractivity contribution < 1.29 is 16.8 Å². The average molecular weight is 483 g/mol. The van der Waals surface area contributed by atoms with Crippen LogP contribution in [0.15, 0.2) is 67.9 Å². The Morgan fingerprint density at radius 2 is 0.867 bits per heavy atom. The van der Waals surface area contributed by atoms with Crippen molar-refractivity contribution in [1.82, 2.24) is 9.97 Å². The Morgan fingerprint density at radius 1 is 0.567 bits per heavy atom. The summed E-state index contributed by atoms with van der Waals surface area (Å²) in [6, 6.07) is 10.4. The first-order chi connectivity index (χ1) is 14.0. The summed E-state index contributed by atoms with van der Waals surface area (Å²) in [7, 11) is 2.73. The van der Waals surface area contributed by atoms with Crippen molar-refractivity contribution >= 4 is 39.5 Å². The van der Waals surface area contributed by atoms with Crippen LogP contribution in [0.2, 0.25) is 0 Å². The molecule has 0 bridgehead atoms. The van der Waals surface area contributed by atoms with Gasteiger partial charge in [-0.15, -0.1) is 0 Å². The van der Waals surface area contributed by atoms with Crippen molar-refractivity contribution in [2.24, 2.45) is 0 Å². The van der Waals surface area contributed by atoms with Gasteiger partial charge >= 0.3 is 0 Å². The fraction of sp³-hybridized carbons (Fsp3) is 0. The van der Waals surface area contributed by atoms with E-state index >= 15 is 0 Å². The molecule has 0 saturated heterocycles. The SMILES string of the molecule is O=c1nc(-c2ccc(S(=O)(=O)Cl)cc2)c2c(=O)nc(-c3ccc(S(=O)(=O)Cl)cc3)c1=2. The van der Waals surface area contributed by atoms with Gasteiger partial charge in [0.2, 0.25) is 0 Å². The van der Waals surface area contributed by atoms with Gasteiger partial charge in [0.1, 0.15) is 0 Å². The fourth-order valence-corrected chi connectivity index (χ4v) is 4.59. The number of nitrogens with zero attached hydrogens (tertiary/aromatic N) is 2. The van der Waals surface area contributed by atoms with Crippen molar-refractivity contribution in [1.29, 1.82) is 0 Å². The summed E-state index contributed by atoms with van der Waals surface area (Å²) >= 11 is 0. The third-order valence-electron chi connectivity index (χ3n) is 4.40. The topological polar surface area (TPSA) is 128 Å². The molecule has 2 aromatic carbocycles. The van der Waals surface area contributed by atoms with E-state index in [1.165, 1.54) is 48.5 Å². The lowest BCUT2D eigenvalue weighted by molar-refractivity contribution is 0.608. The van der Waals surface area contributed by atoms with E-state index in [1.54, 1.807) is 0 Å². The number of aromatic nitrogens is 2. The maximum absolute atomic E-state index is 12.5. The van der Waals surface area contributed by atoms with Crippen LogP contribution in [0.25, 0.3) is 22.5 Å². The second kappa shape index (κ2) is 6.95. The van der Waals surface area contributed by atoms with Crippen LogP contribution < -0.4 is 11.1 Å². The Labute approximate surface area is 177 Å². The van der Waals surface area contributed by atoms with Gasteiger partial charge in [-0.25, -0.2) is 26.8 Å². The zero-order chi connectivity index (χ0) is 21.8. The predicted octanol–water partition coefficient (Wildman–Crippen LogP) is 1.99. The van der Waals surface area contributed by atoms with Gasteiger partial charge in [0.25, 0.3) is 29.2 Å². The molecule has 2 aliphatic heterocycles. The molecular formula is C18H8Cl2N2O6S2. The second-order valence-corrected chi connectivity index (χ2v) is 11.3. The maximum Gasteiger partial charge on any atom is 0.280 e. The zero-order valence-corrected chi connectivity index (χ0v) is 17.7. The Bertz CT molecular complexity index is 1530. The van der Waals surface area contributed by atoms with Gasteiger partial charge in [-0.1, -0.05) is 24.3 Å². The second-order valence-electron chi connectivity index (χ2n) is 6.21. The van der Waals surface area contributed by atoms with Gasteiger partial charge in [0, 0.05) is 32.5 Å². The molecule has 0 unspecified atom stereocenters. The molecular weight excluding hydrogens is 475 g/mol. The van der Waals surface area contributed by atoms with Crippen molar-refractivity contribution in [3.05, 3.63) is 79.7 Å². The van der Waals surface area contributed by atoms with E-state index in [1.807, 2.05) is 0 Å². The van der Waals surface area contributed by atoms with Crippen molar-refractivity contribution in [3.63, 3.8) is 0 Å². The lowest BCUT2D eigenvalue weighted by atomic mass is 10.1. The quantitative estimate of drug-likeness (QED) is 0.403. The van der Waals surface area contributed by atoms with Gasteiger partial charge in [0.05, 0.1) is 31.6 Å². The number of halogens is 2. The van der Waals surface area contributed by atoms with Crippen LogP contribution in [0.1, 0.15) is 0 Å². The standard InChI is InChI=1S/C18H8Cl2N2O6S2/c19-29(25,26)11-5-1-9(2-6-11)15-13-14(18(24)21-15)16(22-17(13)23)10-3-7-12(8-4-10)30(20,27)28/h1-8H. The molecule has 0 atom stereocenters. The zero-order valence-electron chi connectivity index (χ0n) is 14.5. The third-order valence-corrected chi connectivity index (χ3v) is 7.14. The third kappa shape index (κ3) is 3.52. The maximum atomic E-state index is 12.5. The van der Waals surface area contributed by atoms with Crippen LogP contribution in [0.3, 0.4) is 0 Å². The highest BCUT2D eigenvalue weighted by atomic mass is 35.7. The Kier molecular flexibility index (Phi) is 4.77. The van der Waals surface area contributed by atoms with Crippen LogP contribution in [0, 0.1) is 10.4 Å². The van der Waals surface area contributed by atoms with E-state index in [-0.39, 0.29) is 31.6 Å². The van der Waals surface area contributed by atoms with Crippen LogP contribution in [-0.2, 0) is 18.1 Å². The molecule has 0 aliphatic carbocycles. The van der Waals surface area contributed by atoms with Gasteiger partial charge in [-0.05, 0) is 24.3 Å². The minimum Gasteiger partial charge on any atom is -0.267 e. The van der Waals surface area contributed by atoms with Crippen LogP contribution >= 0.6 is 21.4 Å². The molecule has 0 radical (unpaired) electrons. The molecule has 2 aromatic rings. The Balaban J connectivity index is 1.91. The number of rotatable bonds is 4. The lowest BCUT2D eigenvalue weighted by Gasteiger charge is -1.99. The number of benzene rings is 2. The fourth-order valence-electron chi connectivity index (χ4n) is 3.05. The largest absolute Gasteiger partial charge is 0.280 e. The summed E-state index contributed by atoms with van der Waals surface area (Å²) in [5.41, 5.74) is -0.564. The van der Waals surface area contributed by atoms with Crippen LogP contribution in [0.5, 0.6) is 0 Å². The van der Waals surface area contributed by atoms with E-state index in [9.17, 15) is 26.4 Å². The van der Waals surface area contributed by atoms with E-state index in [0.29, 0.717) is 11.1 Å².